The van der Waals surface area contributed by atoms with Crippen molar-refractivity contribution < 1.29 is 14.6 Å². The fourth-order valence-corrected chi connectivity index (χ4v) is 2.94. The summed E-state index contributed by atoms with van der Waals surface area (Å²) in [6, 6.07) is 10.2. The van der Waals surface area contributed by atoms with Crippen LogP contribution in [0.4, 0.5) is 0 Å². The van der Waals surface area contributed by atoms with Gasteiger partial charge < -0.3 is 15.2 Å². The predicted octanol–water partition coefficient (Wildman–Crippen LogP) is 2.25. The van der Waals surface area contributed by atoms with E-state index in [9.17, 15) is 9.90 Å². The Kier molecular flexibility index (Phi) is 6.29. The molecular formula is C19H19ClN6O3. The van der Waals surface area contributed by atoms with Crippen LogP contribution in [-0.2, 0) is 11.3 Å². The molecule has 0 bridgehead atoms. The van der Waals surface area contributed by atoms with Gasteiger partial charge in [0.1, 0.15) is 11.8 Å². The van der Waals surface area contributed by atoms with Gasteiger partial charge in [0.15, 0.2) is 6.29 Å². The summed E-state index contributed by atoms with van der Waals surface area (Å²) in [5.41, 5.74) is 2.36. The molecule has 150 valence electrons. The summed E-state index contributed by atoms with van der Waals surface area (Å²) in [5.74, 6) is -0.380. The second-order valence-electron chi connectivity index (χ2n) is 6.40. The molecule has 0 saturated heterocycles. The first-order chi connectivity index (χ1) is 13.9. The van der Waals surface area contributed by atoms with Crippen molar-refractivity contribution in [1.82, 2.24) is 25.3 Å². The summed E-state index contributed by atoms with van der Waals surface area (Å²) >= 11 is 6.08. The molecule has 0 radical (unpaired) electrons. The summed E-state index contributed by atoms with van der Waals surface area (Å²) in [4.78, 5) is 12.3. The second kappa shape index (κ2) is 8.87. The SMILES string of the molecule is CO[C@@H](O)c1cc(C(=O)N[C@@H](C)Cn2ccc(-c3ccc(C#N)c(Cl)c3)n2)n[nH]1. The van der Waals surface area contributed by atoms with Crippen molar-refractivity contribution in [2.75, 3.05) is 7.11 Å². The van der Waals surface area contributed by atoms with Crippen LogP contribution in [0.1, 0.15) is 35.0 Å². The minimum atomic E-state index is -1.17. The number of H-pyrrole nitrogens is 1. The third-order valence-electron chi connectivity index (χ3n) is 4.18. The molecule has 0 aliphatic rings. The molecule has 0 saturated carbocycles. The lowest BCUT2D eigenvalue weighted by atomic mass is 10.1. The van der Waals surface area contributed by atoms with E-state index in [0.29, 0.717) is 28.5 Å². The number of nitriles is 1. The molecule has 1 amide bonds. The largest absolute Gasteiger partial charge is 0.363 e. The van der Waals surface area contributed by atoms with E-state index in [-0.39, 0.29) is 17.6 Å². The highest BCUT2D eigenvalue weighted by atomic mass is 35.5. The molecule has 2 aromatic heterocycles. The lowest BCUT2D eigenvalue weighted by Crippen LogP contribution is -2.36. The molecule has 2 heterocycles. The van der Waals surface area contributed by atoms with Gasteiger partial charge in [-0.05, 0) is 31.2 Å². The average Bonchev–Trinajstić information content (AvgIpc) is 3.37. The number of aliphatic hydroxyl groups is 1. The summed E-state index contributed by atoms with van der Waals surface area (Å²) in [5, 5.41) is 32.7. The van der Waals surface area contributed by atoms with E-state index in [1.165, 1.54) is 13.2 Å². The molecule has 3 N–H and O–H groups in total. The van der Waals surface area contributed by atoms with Crippen LogP contribution in [0.2, 0.25) is 5.02 Å². The molecule has 3 rings (SSSR count). The number of carbonyl (C=O) groups is 1. The number of nitrogens with one attached hydrogen (secondary N) is 2. The molecule has 0 unspecified atom stereocenters. The highest BCUT2D eigenvalue weighted by Gasteiger charge is 2.17. The Hall–Kier alpha value is -3.19. The van der Waals surface area contributed by atoms with E-state index < -0.39 is 6.29 Å². The fourth-order valence-electron chi connectivity index (χ4n) is 2.71. The van der Waals surface area contributed by atoms with Crippen LogP contribution < -0.4 is 5.32 Å². The molecule has 0 spiro atoms. The number of nitrogens with zero attached hydrogens (tertiary/aromatic N) is 4. The van der Waals surface area contributed by atoms with E-state index in [2.05, 4.69) is 20.6 Å². The normalized spacial score (nSPS) is 12.9. The molecule has 29 heavy (non-hydrogen) atoms. The number of carbonyl (C=O) groups excluding carboxylic acids is 1. The lowest BCUT2D eigenvalue weighted by molar-refractivity contribution is -0.0798. The van der Waals surface area contributed by atoms with E-state index in [1.807, 2.05) is 19.1 Å². The Bertz CT molecular complexity index is 1050. The number of aromatic nitrogens is 4. The number of methoxy groups -OCH3 is 1. The highest BCUT2D eigenvalue weighted by molar-refractivity contribution is 6.32. The van der Waals surface area contributed by atoms with Gasteiger partial charge in [0.05, 0.1) is 28.5 Å². The third kappa shape index (κ3) is 4.81. The summed E-state index contributed by atoms with van der Waals surface area (Å²) < 4.78 is 6.47. The first kappa shape index (κ1) is 20.5. The Morgan fingerprint density at radius 2 is 2.24 bits per heavy atom. The van der Waals surface area contributed by atoms with Crippen LogP contribution in [0.25, 0.3) is 11.3 Å². The number of halogens is 1. The summed E-state index contributed by atoms with van der Waals surface area (Å²) in [7, 11) is 1.34. The van der Waals surface area contributed by atoms with Gasteiger partial charge in [0.25, 0.3) is 5.91 Å². The van der Waals surface area contributed by atoms with Crippen molar-refractivity contribution >= 4 is 17.5 Å². The minimum absolute atomic E-state index is 0.149. The summed E-state index contributed by atoms with van der Waals surface area (Å²) in [6.45, 7) is 2.28. The van der Waals surface area contributed by atoms with Crippen molar-refractivity contribution in [2.45, 2.75) is 25.8 Å². The Morgan fingerprint density at radius 3 is 2.93 bits per heavy atom. The number of hydrogen-bond donors (Lipinski definition) is 3. The molecule has 2 atom stereocenters. The number of ether oxygens (including phenoxy) is 1. The second-order valence-corrected chi connectivity index (χ2v) is 6.81. The number of aromatic amines is 1. The molecule has 10 heteroatoms. The van der Waals surface area contributed by atoms with E-state index >= 15 is 0 Å². The van der Waals surface area contributed by atoms with Gasteiger partial charge in [-0.3, -0.25) is 14.6 Å². The van der Waals surface area contributed by atoms with Crippen LogP contribution in [0, 0.1) is 11.3 Å². The maximum Gasteiger partial charge on any atom is 0.272 e. The Balaban J connectivity index is 1.62. The first-order valence-corrected chi connectivity index (χ1v) is 9.09. The standard InChI is InChI=1S/C19H19ClN6O3/c1-11(22-18(27)16-8-17(24-23-16)19(28)29-2)10-26-6-5-15(25-26)12-3-4-13(9-21)14(20)7-12/h3-8,11,19,28H,10H2,1-2H3,(H,22,27)(H,23,24)/t11-,19+/m0/s1. The zero-order chi connectivity index (χ0) is 21.0. The van der Waals surface area contributed by atoms with Crippen LogP contribution in [0.15, 0.2) is 36.5 Å². The maximum atomic E-state index is 12.3. The van der Waals surface area contributed by atoms with Crippen molar-refractivity contribution in [1.29, 1.82) is 5.26 Å². The molecule has 0 aliphatic carbocycles. The maximum absolute atomic E-state index is 12.3. The molecule has 3 aromatic rings. The first-order valence-electron chi connectivity index (χ1n) is 8.71. The predicted molar refractivity (Wildman–Crippen MR) is 105 cm³/mol. The average molecular weight is 415 g/mol. The number of hydrogen-bond acceptors (Lipinski definition) is 6. The quantitative estimate of drug-likeness (QED) is 0.508. The minimum Gasteiger partial charge on any atom is -0.363 e. The zero-order valence-corrected chi connectivity index (χ0v) is 16.5. The Morgan fingerprint density at radius 1 is 1.45 bits per heavy atom. The van der Waals surface area contributed by atoms with E-state index in [1.54, 1.807) is 29.1 Å². The topological polar surface area (TPSA) is 129 Å². The number of aliphatic hydroxyl groups excluding tert-OH is 1. The van der Waals surface area contributed by atoms with Crippen molar-refractivity contribution in [3.63, 3.8) is 0 Å². The number of benzene rings is 1. The third-order valence-corrected chi connectivity index (χ3v) is 4.50. The van der Waals surface area contributed by atoms with Gasteiger partial charge in [-0.15, -0.1) is 0 Å². The monoisotopic (exact) mass is 414 g/mol. The van der Waals surface area contributed by atoms with Gasteiger partial charge in [-0.1, -0.05) is 17.7 Å². The van der Waals surface area contributed by atoms with Crippen LogP contribution in [0.3, 0.4) is 0 Å². The van der Waals surface area contributed by atoms with Gasteiger partial charge in [-0.25, -0.2) is 0 Å². The molecule has 0 aliphatic heterocycles. The van der Waals surface area contributed by atoms with Crippen LogP contribution >= 0.6 is 11.6 Å². The van der Waals surface area contributed by atoms with E-state index in [0.717, 1.165) is 5.56 Å². The van der Waals surface area contributed by atoms with Gasteiger partial charge in [0, 0.05) is 24.9 Å². The van der Waals surface area contributed by atoms with Gasteiger partial charge >= 0.3 is 0 Å². The van der Waals surface area contributed by atoms with Crippen molar-refractivity contribution in [2.24, 2.45) is 0 Å². The zero-order valence-electron chi connectivity index (χ0n) is 15.8. The summed E-state index contributed by atoms with van der Waals surface area (Å²) in [6.07, 6.45) is 0.630. The smallest absolute Gasteiger partial charge is 0.272 e. The number of rotatable bonds is 7. The molecule has 1 aromatic carbocycles. The molecule has 0 fully saturated rings. The molecular weight excluding hydrogens is 396 g/mol. The van der Waals surface area contributed by atoms with Crippen molar-refractivity contribution in [3.05, 3.63) is 58.5 Å². The highest BCUT2D eigenvalue weighted by Crippen LogP contribution is 2.24. The molecule has 9 nitrogen and oxygen atoms in total. The fraction of sp³-hybridized carbons (Fsp3) is 0.263. The van der Waals surface area contributed by atoms with Crippen molar-refractivity contribution in [3.8, 4) is 17.3 Å². The number of amides is 1. The lowest BCUT2D eigenvalue weighted by Gasteiger charge is -2.13. The van der Waals surface area contributed by atoms with Crippen LogP contribution in [0.5, 0.6) is 0 Å². The van der Waals surface area contributed by atoms with Crippen LogP contribution in [-0.4, -0.2) is 44.1 Å². The van der Waals surface area contributed by atoms with E-state index in [4.69, 9.17) is 21.6 Å². The van der Waals surface area contributed by atoms with Gasteiger partial charge in [0.2, 0.25) is 0 Å². The van der Waals surface area contributed by atoms with Gasteiger partial charge in [-0.2, -0.15) is 15.5 Å². The Labute approximate surface area is 171 Å².